The third-order valence-corrected chi connectivity index (χ3v) is 3.57. The minimum atomic E-state index is -0.994. The van der Waals surface area contributed by atoms with Gasteiger partial charge in [0.2, 0.25) is 0 Å². The number of benzene rings is 1. The Morgan fingerprint density at radius 3 is 2.32 bits per heavy atom. The van der Waals surface area contributed by atoms with Crippen molar-refractivity contribution in [2.45, 2.75) is 13.8 Å². The van der Waals surface area contributed by atoms with Crippen LogP contribution in [0.1, 0.15) is 30.7 Å². The van der Waals surface area contributed by atoms with Gasteiger partial charge in [-0.25, -0.2) is 9.78 Å². The summed E-state index contributed by atoms with van der Waals surface area (Å²) in [5.74, 6) is -1.22. The number of hydrogen-bond acceptors (Lipinski definition) is 4. The van der Waals surface area contributed by atoms with Gasteiger partial charge in [0.05, 0.1) is 16.3 Å². The summed E-state index contributed by atoms with van der Waals surface area (Å²) in [5, 5.41) is 12.3. The van der Waals surface area contributed by atoms with Gasteiger partial charge in [-0.1, -0.05) is 0 Å². The molecule has 6 heteroatoms. The Kier molecular flexibility index (Phi) is 3.62. The number of rotatable bonds is 3. The number of nitrogens with zero attached hydrogens (tertiary/aromatic N) is 1. The SMILES string of the molecule is Cc1nc(C)c(C(=O)Nc2ccc(C(=O)O)cc2)s1. The number of thiazole rings is 1. The van der Waals surface area contributed by atoms with E-state index in [0.717, 1.165) is 5.01 Å². The normalized spacial score (nSPS) is 10.2. The van der Waals surface area contributed by atoms with Crippen LogP contribution in [0.15, 0.2) is 24.3 Å². The van der Waals surface area contributed by atoms with Crippen LogP contribution in [0.3, 0.4) is 0 Å². The zero-order valence-electron chi connectivity index (χ0n) is 10.4. The van der Waals surface area contributed by atoms with E-state index in [1.165, 1.54) is 23.5 Å². The molecule has 0 fully saturated rings. The fourth-order valence-corrected chi connectivity index (χ4v) is 2.44. The van der Waals surface area contributed by atoms with E-state index in [1.54, 1.807) is 19.1 Å². The first-order valence-corrected chi connectivity index (χ1v) is 6.38. The standard InChI is InChI=1S/C13H12N2O3S/c1-7-11(19-8(2)14-7)12(16)15-10-5-3-9(4-6-10)13(17)18/h3-6H,1-2H3,(H,15,16)(H,17,18). The smallest absolute Gasteiger partial charge is 0.335 e. The molecule has 1 aromatic carbocycles. The van der Waals surface area contributed by atoms with Gasteiger partial charge in [0.25, 0.3) is 5.91 Å². The van der Waals surface area contributed by atoms with Crippen LogP contribution in [0.25, 0.3) is 0 Å². The second-order valence-electron chi connectivity index (χ2n) is 3.98. The summed E-state index contributed by atoms with van der Waals surface area (Å²) < 4.78 is 0. The Hall–Kier alpha value is -2.21. The molecular weight excluding hydrogens is 264 g/mol. The highest BCUT2D eigenvalue weighted by atomic mass is 32.1. The number of aromatic carboxylic acids is 1. The molecule has 1 heterocycles. The second kappa shape index (κ2) is 5.19. The first-order chi connectivity index (χ1) is 8.97. The van der Waals surface area contributed by atoms with E-state index in [4.69, 9.17) is 5.11 Å². The lowest BCUT2D eigenvalue weighted by molar-refractivity contribution is 0.0696. The third kappa shape index (κ3) is 2.97. The maximum Gasteiger partial charge on any atom is 0.335 e. The van der Waals surface area contributed by atoms with Crippen molar-refractivity contribution in [3.8, 4) is 0 Å². The molecule has 2 rings (SSSR count). The molecule has 1 aromatic heterocycles. The van der Waals surface area contributed by atoms with Gasteiger partial charge in [-0.15, -0.1) is 11.3 Å². The lowest BCUT2D eigenvalue weighted by Crippen LogP contribution is -2.11. The first kappa shape index (κ1) is 13.2. The lowest BCUT2D eigenvalue weighted by atomic mass is 10.2. The van der Waals surface area contributed by atoms with Gasteiger partial charge >= 0.3 is 5.97 Å². The summed E-state index contributed by atoms with van der Waals surface area (Å²) >= 11 is 1.33. The molecule has 2 aromatic rings. The number of anilines is 1. The number of amides is 1. The maximum absolute atomic E-state index is 12.0. The highest BCUT2D eigenvalue weighted by molar-refractivity contribution is 7.13. The number of carbonyl (C=O) groups is 2. The molecule has 1 amide bonds. The molecule has 0 saturated heterocycles. The summed E-state index contributed by atoms with van der Waals surface area (Å²) in [6.07, 6.45) is 0. The summed E-state index contributed by atoms with van der Waals surface area (Å²) in [6.45, 7) is 3.63. The number of carboxylic acids is 1. The number of aromatic nitrogens is 1. The molecule has 0 unspecified atom stereocenters. The molecule has 0 aliphatic rings. The van der Waals surface area contributed by atoms with Crippen molar-refractivity contribution in [1.82, 2.24) is 4.98 Å². The fourth-order valence-electron chi connectivity index (χ4n) is 1.63. The van der Waals surface area contributed by atoms with E-state index in [2.05, 4.69) is 10.3 Å². The molecule has 5 nitrogen and oxygen atoms in total. The summed E-state index contributed by atoms with van der Waals surface area (Å²) in [4.78, 5) is 27.5. The van der Waals surface area contributed by atoms with Crippen molar-refractivity contribution < 1.29 is 14.7 Å². The van der Waals surface area contributed by atoms with E-state index in [0.29, 0.717) is 16.3 Å². The van der Waals surface area contributed by atoms with Crippen molar-refractivity contribution in [2.24, 2.45) is 0 Å². The molecular formula is C13H12N2O3S. The molecule has 0 bridgehead atoms. The Balaban J connectivity index is 2.15. The first-order valence-electron chi connectivity index (χ1n) is 5.56. The van der Waals surface area contributed by atoms with Crippen LogP contribution in [0, 0.1) is 13.8 Å². The van der Waals surface area contributed by atoms with Gasteiger partial charge < -0.3 is 10.4 Å². The fraction of sp³-hybridized carbons (Fsp3) is 0.154. The Bertz CT molecular complexity index is 632. The molecule has 0 spiro atoms. The third-order valence-electron chi connectivity index (χ3n) is 2.50. The van der Waals surface area contributed by atoms with Gasteiger partial charge in [0, 0.05) is 5.69 Å². The van der Waals surface area contributed by atoms with Crippen molar-refractivity contribution in [3.63, 3.8) is 0 Å². The summed E-state index contributed by atoms with van der Waals surface area (Å²) in [6, 6.07) is 6.01. The maximum atomic E-state index is 12.0. The van der Waals surface area contributed by atoms with Crippen LogP contribution in [0.4, 0.5) is 5.69 Å². The lowest BCUT2D eigenvalue weighted by Gasteiger charge is -2.04. The van der Waals surface area contributed by atoms with Crippen LogP contribution in [-0.2, 0) is 0 Å². The van der Waals surface area contributed by atoms with Crippen LogP contribution in [0.5, 0.6) is 0 Å². The number of hydrogen-bond donors (Lipinski definition) is 2. The molecule has 0 aliphatic heterocycles. The van der Waals surface area contributed by atoms with Crippen LogP contribution in [0.2, 0.25) is 0 Å². The molecule has 19 heavy (non-hydrogen) atoms. The Morgan fingerprint density at radius 2 is 1.84 bits per heavy atom. The zero-order valence-corrected chi connectivity index (χ0v) is 11.2. The quantitative estimate of drug-likeness (QED) is 0.903. The molecule has 98 valence electrons. The van der Waals surface area contributed by atoms with Gasteiger partial charge in [0.15, 0.2) is 0 Å². The average Bonchev–Trinajstić information content (AvgIpc) is 2.69. The van der Waals surface area contributed by atoms with E-state index < -0.39 is 5.97 Å². The van der Waals surface area contributed by atoms with Crippen molar-refractivity contribution >= 4 is 28.9 Å². The van der Waals surface area contributed by atoms with Crippen molar-refractivity contribution in [1.29, 1.82) is 0 Å². The molecule has 0 aliphatic carbocycles. The van der Waals surface area contributed by atoms with Crippen LogP contribution < -0.4 is 5.32 Å². The van der Waals surface area contributed by atoms with Crippen LogP contribution >= 0.6 is 11.3 Å². The molecule has 2 N–H and O–H groups in total. The van der Waals surface area contributed by atoms with E-state index in [9.17, 15) is 9.59 Å². The van der Waals surface area contributed by atoms with Crippen molar-refractivity contribution in [2.75, 3.05) is 5.32 Å². The minimum absolute atomic E-state index is 0.183. The van der Waals surface area contributed by atoms with Gasteiger partial charge in [-0.3, -0.25) is 4.79 Å². The topological polar surface area (TPSA) is 79.3 Å². The van der Waals surface area contributed by atoms with Gasteiger partial charge in [0.1, 0.15) is 4.88 Å². The van der Waals surface area contributed by atoms with E-state index >= 15 is 0 Å². The Morgan fingerprint density at radius 1 is 1.21 bits per heavy atom. The highest BCUT2D eigenvalue weighted by Gasteiger charge is 2.14. The minimum Gasteiger partial charge on any atom is -0.478 e. The van der Waals surface area contributed by atoms with Gasteiger partial charge in [-0.05, 0) is 38.1 Å². The second-order valence-corrected chi connectivity index (χ2v) is 5.19. The summed E-state index contributed by atoms with van der Waals surface area (Å²) in [7, 11) is 0. The number of nitrogens with one attached hydrogen (secondary N) is 1. The van der Waals surface area contributed by atoms with E-state index in [1.807, 2.05) is 6.92 Å². The largest absolute Gasteiger partial charge is 0.478 e. The van der Waals surface area contributed by atoms with Crippen molar-refractivity contribution in [3.05, 3.63) is 45.4 Å². The summed E-state index contributed by atoms with van der Waals surface area (Å²) in [5.41, 5.74) is 1.44. The predicted molar refractivity (Wildman–Crippen MR) is 72.9 cm³/mol. The van der Waals surface area contributed by atoms with Crippen LogP contribution in [-0.4, -0.2) is 22.0 Å². The number of carbonyl (C=O) groups excluding carboxylic acids is 1. The number of aryl methyl sites for hydroxylation is 2. The predicted octanol–water partition coefficient (Wildman–Crippen LogP) is 2.71. The monoisotopic (exact) mass is 276 g/mol. The Labute approximate surface area is 113 Å². The molecule has 0 saturated carbocycles. The molecule has 0 radical (unpaired) electrons. The average molecular weight is 276 g/mol. The zero-order chi connectivity index (χ0) is 14.0. The highest BCUT2D eigenvalue weighted by Crippen LogP contribution is 2.19. The van der Waals surface area contributed by atoms with E-state index in [-0.39, 0.29) is 11.5 Å². The number of carboxylic acid groups (broad SMARTS) is 1. The van der Waals surface area contributed by atoms with Gasteiger partial charge in [-0.2, -0.15) is 0 Å². The molecule has 0 atom stereocenters.